The number of nitrogens with one attached hydrogen (secondary N) is 1. The van der Waals surface area contributed by atoms with E-state index in [0.29, 0.717) is 29.1 Å². The fourth-order valence-corrected chi connectivity index (χ4v) is 4.01. The molecule has 36 heavy (non-hydrogen) atoms. The fraction of sp³-hybridized carbons (Fsp3) is 0.107. The van der Waals surface area contributed by atoms with Gasteiger partial charge in [0.1, 0.15) is 17.0 Å². The molecule has 0 unspecified atom stereocenters. The van der Waals surface area contributed by atoms with Crippen molar-refractivity contribution < 1.29 is 18.3 Å². The van der Waals surface area contributed by atoms with Crippen LogP contribution in [0.3, 0.4) is 0 Å². The number of methoxy groups -OCH3 is 1. The fourth-order valence-electron chi connectivity index (χ4n) is 4.01. The number of aromatic nitrogens is 3. The lowest BCUT2D eigenvalue weighted by atomic mass is 10.0. The zero-order chi connectivity index (χ0) is 25.1. The minimum absolute atomic E-state index is 0.0525. The molecule has 0 aliphatic carbocycles. The smallest absolute Gasteiger partial charge is 0.280 e. The number of hydrogen-bond acceptors (Lipinski definition) is 4. The van der Waals surface area contributed by atoms with E-state index in [4.69, 9.17) is 4.74 Å². The lowest BCUT2D eigenvalue weighted by Gasteiger charge is -2.12. The molecule has 5 rings (SSSR count). The van der Waals surface area contributed by atoms with E-state index in [1.165, 1.54) is 12.3 Å². The number of nitrogens with zero attached hydrogens (tertiary/aromatic N) is 3. The van der Waals surface area contributed by atoms with Gasteiger partial charge in [0.25, 0.3) is 12.3 Å². The van der Waals surface area contributed by atoms with Gasteiger partial charge < -0.3 is 10.1 Å². The highest BCUT2D eigenvalue weighted by molar-refractivity contribution is 6.08. The second-order valence-corrected chi connectivity index (χ2v) is 8.16. The van der Waals surface area contributed by atoms with Crippen molar-refractivity contribution in [1.82, 2.24) is 14.6 Å². The van der Waals surface area contributed by atoms with E-state index in [9.17, 15) is 13.6 Å². The van der Waals surface area contributed by atoms with E-state index in [-0.39, 0.29) is 16.9 Å². The molecule has 6 nitrogen and oxygen atoms in total. The number of rotatable bonds is 7. The second-order valence-electron chi connectivity index (χ2n) is 8.16. The Bertz CT molecular complexity index is 1520. The van der Waals surface area contributed by atoms with Crippen molar-refractivity contribution in [1.29, 1.82) is 0 Å². The Morgan fingerprint density at radius 2 is 1.72 bits per heavy atom. The van der Waals surface area contributed by atoms with Crippen LogP contribution in [0, 0.1) is 0 Å². The van der Waals surface area contributed by atoms with Crippen LogP contribution in [0.5, 0.6) is 5.75 Å². The highest BCUT2D eigenvalue weighted by Gasteiger charge is 2.22. The summed E-state index contributed by atoms with van der Waals surface area (Å²) >= 11 is 0. The number of fused-ring (bicyclic) bond motifs is 1. The Morgan fingerprint density at radius 1 is 1.00 bits per heavy atom. The molecule has 3 aromatic carbocycles. The largest absolute Gasteiger partial charge is 0.497 e. The number of carbonyl (C=O) groups is 1. The Kier molecular flexibility index (Phi) is 6.40. The normalized spacial score (nSPS) is 11.1. The summed E-state index contributed by atoms with van der Waals surface area (Å²) in [7, 11) is 1.55. The van der Waals surface area contributed by atoms with Gasteiger partial charge in [0.05, 0.1) is 19.0 Å². The summed E-state index contributed by atoms with van der Waals surface area (Å²) in [6.07, 6.45) is -0.919. The predicted octanol–water partition coefficient (Wildman–Crippen LogP) is 6.19. The van der Waals surface area contributed by atoms with Gasteiger partial charge in [-0.05, 0) is 53.9 Å². The van der Waals surface area contributed by atoms with E-state index >= 15 is 0 Å². The summed E-state index contributed by atoms with van der Waals surface area (Å²) in [6.45, 7) is 0. The number of halogens is 2. The summed E-state index contributed by atoms with van der Waals surface area (Å²) in [5.74, 6) is 0.151. The summed E-state index contributed by atoms with van der Waals surface area (Å²) in [5, 5.41) is 6.96. The topological polar surface area (TPSA) is 68.5 Å². The molecule has 1 amide bonds. The summed E-state index contributed by atoms with van der Waals surface area (Å²) in [6, 6.07) is 25.5. The maximum absolute atomic E-state index is 13.9. The molecule has 8 heteroatoms. The number of carbonyl (C=O) groups excluding carboxylic acids is 1. The molecule has 0 spiro atoms. The molecule has 5 aromatic rings. The van der Waals surface area contributed by atoms with Crippen LogP contribution in [-0.2, 0) is 6.42 Å². The van der Waals surface area contributed by atoms with Crippen LogP contribution in [0.25, 0.3) is 16.9 Å². The van der Waals surface area contributed by atoms with Crippen LogP contribution in [0.2, 0.25) is 0 Å². The summed E-state index contributed by atoms with van der Waals surface area (Å²) < 4.78 is 34.0. The molecule has 0 radical (unpaired) electrons. The van der Waals surface area contributed by atoms with E-state index in [2.05, 4.69) is 15.4 Å². The van der Waals surface area contributed by atoms with Gasteiger partial charge in [0, 0.05) is 11.3 Å². The van der Waals surface area contributed by atoms with E-state index < -0.39 is 12.3 Å². The third kappa shape index (κ3) is 4.65. The molecular formula is C28H22F2N4O2. The first-order valence-corrected chi connectivity index (χ1v) is 11.3. The number of para-hydroxylation sites is 1. The average molecular weight is 485 g/mol. The molecule has 1 N–H and O–H groups in total. The van der Waals surface area contributed by atoms with Crippen molar-refractivity contribution in [2.75, 3.05) is 12.4 Å². The molecular weight excluding hydrogens is 462 g/mol. The van der Waals surface area contributed by atoms with Crippen molar-refractivity contribution in [2.45, 2.75) is 12.8 Å². The minimum atomic E-state index is -2.81. The lowest BCUT2D eigenvalue weighted by molar-refractivity contribution is 0.102. The van der Waals surface area contributed by atoms with Crippen molar-refractivity contribution in [2.24, 2.45) is 0 Å². The van der Waals surface area contributed by atoms with E-state index in [1.807, 2.05) is 54.6 Å². The van der Waals surface area contributed by atoms with E-state index in [1.54, 1.807) is 31.4 Å². The van der Waals surface area contributed by atoms with Crippen LogP contribution in [0.15, 0.2) is 91.1 Å². The molecule has 180 valence electrons. The predicted molar refractivity (Wildman–Crippen MR) is 134 cm³/mol. The van der Waals surface area contributed by atoms with Crippen LogP contribution in [-0.4, -0.2) is 27.6 Å². The monoisotopic (exact) mass is 484 g/mol. The van der Waals surface area contributed by atoms with Crippen molar-refractivity contribution in [3.8, 4) is 17.0 Å². The van der Waals surface area contributed by atoms with Crippen molar-refractivity contribution in [3.05, 3.63) is 114 Å². The number of benzene rings is 3. The first kappa shape index (κ1) is 23.2. The molecule has 0 saturated heterocycles. The zero-order valence-corrected chi connectivity index (χ0v) is 19.4. The molecule has 0 aliphatic heterocycles. The maximum Gasteiger partial charge on any atom is 0.280 e. The van der Waals surface area contributed by atoms with Gasteiger partial charge in [-0.2, -0.15) is 5.10 Å². The number of anilines is 1. The Hall–Kier alpha value is -4.59. The van der Waals surface area contributed by atoms with Crippen LogP contribution in [0.1, 0.15) is 33.6 Å². The second kappa shape index (κ2) is 9.95. The van der Waals surface area contributed by atoms with Gasteiger partial charge in [-0.25, -0.2) is 18.3 Å². The summed E-state index contributed by atoms with van der Waals surface area (Å²) in [4.78, 5) is 17.8. The van der Waals surface area contributed by atoms with Gasteiger partial charge >= 0.3 is 0 Å². The third-order valence-electron chi connectivity index (χ3n) is 5.86. The molecule has 2 aromatic heterocycles. The molecule has 0 fully saturated rings. The zero-order valence-electron chi connectivity index (χ0n) is 19.4. The summed E-state index contributed by atoms with van der Waals surface area (Å²) in [5.41, 5.74) is 3.37. The van der Waals surface area contributed by atoms with Crippen LogP contribution in [0.4, 0.5) is 14.5 Å². The SMILES string of the molecule is COc1ccc(-c2cc(C(F)F)n3ncc(C(=O)Nc4ccccc4Cc4ccccc4)c3n2)cc1. The Balaban J connectivity index is 1.51. The van der Waals surface area contributed by atoms with Crippen LogP contribution >= 0.6 is 0 Å². The molecule has 0 saturated carbocycles. The number of alkyl halides is 2. The number of ether oxygens (including phenoxy) is 1. The van der Waals surface area contributed by atoms with Gasteiger partial charge in [0.2, 0.25) is 0 Å². The van der Waals surface area contributed by atoms with Crippen molar-refractivity contribution in [3.63, 3.8) is 0 Å². The Morgan fingerprint density at radius 3 is 2.44 bits per heavy atom. The number of amides is 1. The van der Waals surface area contributed by atoms with Crippen molar-refractivity contribution >= 4 is 17.2 Å². The molecule has 0 bridgehead atoms. The first-order chi connectivity index (χ1) is 17.5. The van der Waals surface area contributed by atoms with Gasteiger partial charge in [-0.15, -0.1) is 0 Å². The Labute approximate surface area is 206 Å². The van der Waals surface area contributed by atoms with Gasteiger partial charge in [-0.1, -0.05) is 48.5 Å². The minimum Gasteiger partial charge on any atom is -0.497 e. The average Bonchev–Trinajstić information content (AvgIpc) is 3.34. The molecule has 2 heterocycles. The highest BCUT2D eigenvalue weighted by Crippen LogP contribution is 2.28. The van der Waals surface area contributed by atoms with E-state index in [0.717, 1.165) is 15.6 Å². The molecule has 0 atom stereocenters. The van der Waals surface area contributed by atoms with Gasteiger partial charge in [0.15, 0.2) is 5.65 Å². The van der Waals surface area contributed by atoms with Gasteiger partial charge in [-0.3, -0.25) is 4.79 Å². The van der Waals surface area contributed by atoms with Crippen LogP contribution < -0.4 is 10.1 Å². The quantitative estimate of drug-likeness (QED) is 0.299. The highest BCUT2D eigenvalue weighted by atomic mass is 19.3. The maximum atomic E-state index is 13.9. The molecule has 0 aliphatic rings. The first-order valence-electron chi connectivity index (χ1n) is 11.3. The number of hydrogen-bond donors (Lipinski definition) is 1. The standard InChI is InChI=1S/C28H22F2N4O2/c1-36-21-13-11-19(12-14-21)24-16-25(26(29)30)34-27(32-24)22(17-31-34)28(35)33-23-10-6-5-9-20(23)15-18-7-3-2-4-8-18/h2-14,16-17,26H,15H2,1H3,(H,33,35). The third-order valence-corrected chi connectivity index (χ3v) is 5.86. The lowest BCUT2D eigenvalue weighted by Crippen LogP contribution is -2.14.